The molecule has 2 rings (SSSR count). The SMILES string of the molecule is CC(=O)CC[C@@]1(C)CCCCn2nncc2CCC[C@@](C)(C(=O)CN)CCC1=O. The van der Waals surface area contributed by atoms with Crippen molar-refractivity contribution in [1.29, 1.82) is 0 Å². The molecule has 2 N–H and O–H groups in total. The topological polar surface area (TPSA) is 108 Å². The Morgan fingerprint density at radius 1 is 1.14 bits per heavy atom. The monoisotopic (exact) mass is 404 g/mol. The quantitative estimate of drug-likeness (QED) is 0.808. The third kappa shape index (κ3) is 6.29. The summed E-state index contributed by atoms with van der Waals surface area (Å²) >= 11 is 0. The maximum atomic E-state index is 13.2. The van der Waals surface area contributed by atoms with Gasteiger partial charge in [0.25, 0.3) is 0 Å². The lowest BCUT2D eigenvalue weighted by Crippen LogP contribution is -2.36. The molecule has 7 heteroatoms. The highest BCUT2D eigenvalue weighted by molar-refractivity contribution is 5.88. The van der Waals surface area contributed by atoms with E-state index >= 15 is 0 Å². The van der Waals surface area contributed by atoms with Crippen molar-refractivity contribution in [2.24, 2.45) is 16.6 Å². The van der Waals surface area contributed by atoms with Gasteiger partial charge >= 0.3 is 0 Å². The standard InChI is InChI=1S/C22H36N4O3/c1-17(27)8-12-21(2)10-4-5-14-26-18(16-24-25-26)7-6-11-22(3,20(29)15-23)13-9-19(21)28/h16H,4-15,23H2,1-3H3/t21-,22-/m1/s1. The zero-order valence-corrected chi connectivity index (χ0v) is 18.2. The molecule has 0 aromatic carbocycles. The average molecular weight is 405 g/mol. The molecule has 0 saturated carbocycles. The molecule has 1 aliphatic rings. The van der Waals surface area contributed by atoms with Gasteiger partial charge in [0, 0.05) is 30.2 Å². The Bertz CT molecular complexity index is 729. The van der Waals surface area contributed by atoms with E-state index in [1.54, 1.807) is 13.1 Å². The van der Waals surface area contributed by atoms with Gasteiger partial charge in [0.1, 0.15) is 11.6 Å². The van der Waals surface area contributed by atoms with Crippen molar-refractivity contribution in [2.45, 2.75) is 91.5 Å². The molecule has 0 saturated heterocycles. The first-order chi connectivity index (χ1) is 13.7. The fourth-order valence-corrected chi connectivity index (χ4v) is 4.29. The summed E-state index contributed by atoms with van der Waals surface area (Å²) in [4.78, 5) is 37.3. The zero-order chi connectivity index (χ0) is 21.5. The first kappa shape index (κ1) is 23.4. The highest BCUT2D eigenvalue weighted by Crippen LogP contribution is 2.37. The summed E-state index contributed by atoms with van der Waals surface area (Å²) < 4.78 is 1.93. The molecule has 1 aromatic rings. The van der Waals surface area contributed by atoms with Crippen LogP contribution in [-0.2, 0) is 27.3 Å². The van der Waals surface area contributed by atoms with Gasteiger partial charge in [0.05, 0.1) is 18.4 Å². The van der Waals surface area contributed by atoms with Crippen molar-refractivity contribution in [3.8, 4) is 0 Å². The molecule has 0 fully saturated rings. The number of carbonyl (C=O) groups is 3. The van der Waals surface area contributed by atoms with Crippen LogP contribution in [0.2, 0.25) is 0 Å². The number of Topliss-reactive ketones (excluding diaryl/α,β-unsaturated/α-hetero) is 3. The second-order valence-corrected chi connectivity index (χ2v) is 9.13. The van der Waals surface area contributed by atoms with Crippen LogP contribution in [0.1, 0.15) is 84.3 Å². The summed E-state index contributed by atoms with van der Waals surface area (Å²) in [5.41, 5.74) is 5.63. The van der Waals surface area contributed by atoms with Gasteiger partial charge in [-0.3, -0.25) is 9.59 Å². The van der Waals surface area contributed by atoms with Gasteiger partial charge in [0.2, 0.25) is 0 Å². The molecule has 1 aromatic heterocycles. The molecule has 0 aliphatic carbocycles. The molecule has 0 amide bonds. The molecule has 7 nitrogen and oxygen atoms in total. The van der Waals surface area contributed by atoms with Crippen LogP contribution >= 0.6 is 0 Å². The highest BCUT2D eigenvalue weighted by Gasteiger charge is 2.37. The lowest BCUT2D eigenvalue weighted by molar-refractivity contribution is -0.131. The molecule has 2 atom stereocenters. The molecular weight excluding hydrogens is 368 g/mol. The normalized spacial score (nSPS) is 27.1. The number of aromatic nitrogens is 3. The Labute approximate surface area is 173 Å². The second-order valence-electron chi connectivity index (χ2n) is 9.13. The van der Waals surface area contributed by atoms with Gasteiger partial charge in [-0.25, -0.2) is 4.68 Å². The summed E-state index contributed by atoms with van der Waals surface area (Å²) in [6, 6.07) is 0. The number of hydrogen-bond donors (Lipinski definition) is 1. The molecule has 1 aliphatic heterocycles. The lowest BCUT2D eigenvalue weighted by Gasteiger charge is -2.32. The van der Waals surface area contributed by atoms with E-state index in [2.05, 4.69) is 10.3 Å². The van der Waals surface area contributed by atoms with Crippen LogP contribution < -0.4 is 5.73 Å². The van der Waals surface area contributed by atoms with Crippen LogP contribution in [0.25, 0.3) is 0 Å². The van der Waals surface area contributed by atoms with E-state index in [0.717, 1.165) is 44.3 Å². The van der Waals surface area contributed by atoms with E-state index in [4.69, 9.17) is 5.73 Å². The van der Waals surface area contributed by atoms with Gasteiger partial charge in [0.15, 0.2) is 5.78 Å². The molecule has 2 heterocycles. The van der Waals surface area contributed by atoms with E-state index in [-0.39, 0.29) is 23.9 Å². The smallest absolute Gasteiger partial charge is 0.152 e. The van der Waals surface area contributed by atoms with Gasteiger partial charge in [-0.1, -0.05) is 25.5 Å². The van der Waals surface area contributed by atoms with Gasteiger partial charge in [-0.2, -0.15) is 0 Å². The van der Waals surface area contributed by atoms with Crippen LogP contribution in [-0.4, -0.2) is 38.9 Å². The Kier molecular flexibility index (Phi) is 8.25. The van der Waals surface area contributed by atoms with Crippen LogP contribution in [0.5, 0.6) is 0 Å². The summed E-state index contributed by atoms with van der Waals surface area (Å²) in [5, 5.41) is 8.24. The average Bonchev–Trinajstić information content (AvgIpc) is 3.13. The third-order valence-corrected chi connectivity index (χ3v) is 6.67. The molecular formula is C22H36N4O3. The van der Waals surface area contributed by atoms with Crippen molar-refractivity contribution in [3.05, 3.63) is 11.9 Å². The van der Waals surface area contributed by atoms with Crippen LogP contribution in [0.15, 0.2) is 6.20 Å². The van der Waals surface area contributed by atoms with Crippen molar-refractivity contribution < 1.29 is 14.4 Å². The predicted octanol–water partition coefficient (Wildman–Crippen LogP) is 3.04. The Morgan fingerprint density at radius 2 is 1.90 bits per heavy atom. The predicted molar refractivity (Wildman–Crippen MR) is 111 cm³/mol. The molecule has 0 spiro atoms. The second kappa shape index (κ2) is 10.2. The first-order valence-corrected chi connectivity index (χ1v) is 10.8. The number of fused-ring (bicyclic) bond motifs is 1. The molecule has 0 unspecified atom stereocenters. The van der Waals surface area contributed by atoms with Gasteiger partial charge < -0.3 is 10.5 Å². The van der Waals surface area contributed by atoms with E-state index in [0.29, 0.717) is 32.1 Å². The molecule has 29 heavy (non-hydrogen) atoms. The fourth-order valence-electron chi connectivity index (χ4n) is 4.29. The number of hydrogen-bond acceptors (Lipinski definition) is 6. The first-order valence-electron chi connectivity index (χ1n) is 10.8. The maximum absolute atomic E-state index is 13.2. The van der Waals surface area contributed by atoms with Gasteiger partial charge in [-0.05, 0) is 51.9 Å². The number of nitrogens with two attached hydrogens (primary N) is 1. The van der Waals surface area contributed by atoms with Crippen LogP contribution in [0.3, 0.4) is 0 Å². The molecule has 162 valence electrons. The number of rotatable bonds is 5. The van der Waals surface area contributed by atoms with Crippen LogP contribution in [0, 0.1) is 10.8 Å². The number of aryl methyl sites for hydroxylation is 2. The molecule has 0 radical (unpaired) electrons. The largest absolute Gasteiger partial charge is 0.324 e. The Balaban J connectivity index is 2.24. The Hall–Kier alpha value is -1.89. The summed E-state index contributed by atoms with van der Waals surface area (Å²) in [7, 11) is 0. The summed E-state index contributed by atoms with van der Waals surface area (Å²) in [6.45, 7) is 6.24. The van der Waals surface area contributed by atoms with E-state index in [1.165, 1.54) is 0 Å². The highest BCUT2D eigenvalue weighted by atomic mass is 16.1. The Morgan fingerprint density at radius 3 is 2.59 bits per heavy atom. The number of ketones is 3. The third-order valence-electron chi connectivity index (χ3n) is 6.67. The molecule has 0 bridgehead atoms. The number of nitrogens with zero attached hydrogens (tertiary/aromatic N) is 3. The minimum absolute atomic E-state index is 0.00815. The minimum atomic E-state index is -0.603. The number of carbonyl (C=O) groups excluding carboxylic acids is 3. The van der Waals surface area contributed by atoms with Crippen LogP contribution in [0.4, 0.5) is 0 Å². The van der Waals surface area contributed by atoms with E-state index in [1.807, 2.05) is 18.5 Å². The van der Waals surface area contributed by atoms with E-state index in [9.17, 15) is 14.4 Å². The fraction of sp³-hybridized carbons (Fsp3) is 0.773. The van der Waals surface area contributed by atoms with Gasteiger partial charge in [-0.15, -0.1) is 5.10 Å². The van der Waals surface area contributed by atoms with Crippen molar-refractivity contribution in [2.75, 3.05) is 6.54 Å². The summed E-state index contributed by atoms with van der Waals surface area (Å²) in [5.74, 6) is 0.275. The maximum Gasteiger partial charge on any atom is 0.152 e. The van der Waals surface area contributed by atoms with Crippen molar-refractivity contribution in [3.63, 3.8) is 0 Å². The zero-order valence-electron chi connectivity index (χ0n) is 18.2. The van der Waals surface area contributed by atoms with Crippen molar-refractivity contribution in [1.82, 2.24) is 15.0 Å². The van der Waals surface area contributed by atoms with E-state index < -0.39 is 10.8 Å². The summed E-state index contributed by atoms with van der Waals surface area (Å²) in [6.07, 6.45) is 8.51. The van der Waals surface area contributed by atoms with Crippen molar-refractivity contribution >= 4 is 17.3 Å². The lowest BCUT2D eigenvalue weighted by atomic mass is 9.71. The minimum Gasteiger partial charge on any atom is -0.324 e.